The second-order valence-corrected chi connectivity index (χ2v) is 4.62. The van der Waals surface area contributed by atoms with E-state index in [1.165, 1.54) is 4.90 Å². The molecular formula is C12H16N2O4. The summed E-state index contributed by atoms with van der Waals surface area (Å²) in [5.41, 5.74) is 1.36. The highest BCUT2D eigenvalue weighted by Gasteiger charge is 2.39. The Labute approximate surface area is 104 Å². The Hall–Kier alpha value is -1.82. The molecule has 0 bridgehead atoms. The number of carbonyl (C=O) groups is 2. The van der Waals surface area contributed by atoms with Crippen LogP contribution in [0.5, 0.6) is 0 Å². The van der Waals surface area contributed by atoms with Crippen molar-refractivity contribution >= 4 is 11.9 Å². The first-order valence-corrected chi connectivity index (χ1v) is 5.76. The summed E-state index contributed by atoms with van der Waals surface area (Å²) < 4.78 is 1.71. The summed E-state index contributed by atoms with van der Waals surface area (Å²) in [5, 5.41) is 18.6. The van der Waals surface area contributed by atoms with Gasteiger partial charge in [0.05, 0.1) is 6.10 Å². The van der Waals surface area contributed by atoms with Crippen LogP contribution in [-0.4, -0.2) is 50.2 Å². The van der Waals surface area contributed by atoms with Crippen LogP contribution in [0, 0.1) is 6.92 Å². The summed E-state index contributed by atoms with van der Waals surface area (Å²) in [6.45, 7) is 1.93. The van der Waals surface area contributed by atoms with Crippen LogP contribution in [0.15, 0.2) is 12.1 Å². The van der Waals surface area contributed by atoms with Gasteiger partial charge in [0.25, 0.3) is 5.91 Å². The van der Waals surface area contributed by atoms with E-state index >= 15 is 0 Å². The lowest BCUT2D eigenvalue weighted by Crippen LogP contribution is -2.41. The molecule has 0 aliphatic carbocycles. The maximum absolute atomic E-state index is 12.3. The van der Waals surface area contributed by atoms with Crippen molar-refractivity contribution in [3.63, 3.8) is 0 Å². The quantitative estimate of drug-likeness (QED) is 0.775. The number of aliphatic carboxylic acids is 1. The molecule has 0 saturated carbocycles. The number of carboxylic acids is 1. The van der Waals surface area contributed by atoms with Crippen LogP contribution < -0.4 is 0 Å². The first-order valence-electron chi connectivity index (χ1n) is 5.76. The molecule has 2 atom stereocenters. The van der Waals surface area contributed by atoms with E-state index in [1.807, 2.05) is 6.92 Å². The molecule has 1 saturated heterocycles. The van der Waals surface area contributed by atoms with E-state index in [9.17, 15) is 14.7 Å². The summed E-state index contributed by atoms with van der Waals surface area (Å²) in [6.07, 6.45) is -0.679. The maximum atomic E-state index is 12.3. The molecule has 1 aromatic rings. The van der Waals surface area contributed by atoms with Gasteiger partial charge in [-0.3, -0.25) is 4.79 Å². The number of carboxylic acid groups (broad SMARTS) is 1. The van der Waals surface area contributed by atoms with Gasteiger partial charge in [-0.2, -0.15) is 0 Å². The molecule has 2 rings (SSSR count). The van der Waals surface area contributed by atoms with Crippen molar-refractivity contribution in [2.75, 3.05) is 6.54 Å². The largest absolute Gasteiger partial charge is 0.480 e. The van der Waals surface area contributed by atoms with Gasteiger partial charge in [0, 0.05) is 25.7 Å². The average molecular weight is 252 g/mol. The Balaban J connectivity index is 2.28. The van der Waals surface area contributed by atoms with E-state index < -0.39 is 18.1 Å². The Morgan fingerprint density at radius 3 is 2.56 bits per heavy atom. The number of aliphatic hydroxyl groups is 1. The minimum atomic E-state index is -1.08. The molecule has 0 spiro atoms. The summed E-state index contributed by atoms with van der Waals surface area (Å²) in [5.74, 6) is -1.43. The fourth-order valence-electron chi connectivity index (χ4n) is 2.25. The Kier molecular flexibility index (Phi) is 3.13. The number of aryl methyl sites for hydroxylation is 1. The molecule has 2 N–H and O–H groups in total. The second-order valence-electron chi connectivity index (χ2n) is 4.62. The predicted octanol–water partition coefficient (Wildman–Crippen LogP) is -0.00648. The molecule has 18 heavy (non-hydrogen) atoms. The number of rotatable bonds is 2. The average Bonchev–Trinajstić information content (AvgIpc) is 2.84. The van der Waals surface area contributed by atoms with E-state index in [0.717, 1.165) is 5.69 Å². The maximum Gasteiger partial charge on any atom is 0.326 e. The zero-order valence-corrected chi connectivity index (χ0v) is 10.3. The van der Waals surface area contributed by atoms with Gasteiger partial charge in [-0.25, -0.2) is 4.79 Å². The van der Waals surface area contributed by atoms with Crippen molar-refractivity contribution in [2.24, 2.45) is 7.05 Å². The van der Waals surface area contributed by atoms with Crippen LogP contribution in [0.25, 0.3) is 0 Å². The molecule has 1 fully saturated rings. The number of carbonyl (C=O) groups excluding carboxylic acids is 1. The van der Waals surface area contributed by atoms with Crippen molar-refractivity contribution < 1.29 is 19.8 Å². The van der Waals surface area contributed by atoms with E-state index in [-0.39, 0.29) is 18.9 Å². The molecule has 6 heteroatoms. The summed E-state index contributed by atoms with van der Waals surface area (Å²) in [6, 6.07) is 2.53. The third kappa shape index (κ3) is 1.99. The minimum absolute atomic E-state index is 0.0695. The van der Waals surface area contributed by atoms with Gasteiger partial charge in [-0.15, -0.1) is 0 Å². The highest BCUT2D eigenvalue weighted by Crippen LogP contribution is 2.21. The first kappa shape index (κ1) is 12.6. The fraction of sp³-hybridized carbons (Fsp3) is 0.500. The number of hydrogen-bond donors (Lipinski definition) is 2. The number of hydrogen-bond acceptors (Lipinski definition) is 3. The topological polar surface area (TPSA) is 82.8 Å². The third-order valence-electron chi connectivity index (χ3n) is 3.42. The summed E-state index contributed by atoms with van der Waals surface area (Å²) >= 11 is 0. The molecule has 2 heterocycles. The molecular weight excluding hydrogens is 236 g/mol. The van der Waals surface area contributed by atoms with Crippen LogP contribution in [0.1, 0.15) is 22.6 Å². The molecule has 0 radical (unpaired) electrons. The molecule has 1 aliphatic heterocycles. The molecule has 98 valence electrons. The third-order valence-corrected chi connectivity index (χ3v) is 3.42. The number of amides is 1. The van der Waals surface area contributed by atoms with Crippen molar-refractivity contribution in [3.05, 3.63) is 23.5 Å². The lowest BCUT2D eigenvalue weighted by atomic mass is 10.2. The van der Waals surface area contributed by atoms with Crippen LogP contribution in [0.2, 0.25) is 0 Å². The normalized spacial score (nSPS) is 23.4. The SMILES string of the molecule is Cc1ccc(C(=O)N2CC(O)C[C@H]2C(=O)O)n1C. The summed E-state index contributed by atoms with van der Waals surface area (Å²) in [4.78, 5) is 24.6. The van der Waals surface area contributed by atoms with Gasteiger partial charge < -0.3 is 19.7 Å². The van der Waals surface area contributed by atoms with Crippen molar-refractivity contribution in [1.29, 1.82) is 0 Å². The summed E-state index contributed by atoms with van der Waals surface area (Å²) in [7, 11) is 1.75. The zero-order valence-electron chi connectivity index (χ0n) is 10.3. The van der Waals surface area contributed by atoms with Crippen LogP contribution >= 0.6 is 0 Å². The van der Waals surface area contributed by atoms with E-state index in [1.54, 1.807) is 23.7 Å². The van der Waals surface area contributed by atoms with E-state index in [0.29, 0.717) is 5.69 Å². The number of likely N-dealkylation sites (tertiary alicyclic amines) is 1. The Morgan fingerprint density at radius 2 is 2.06 bits per heavy atom. The lowest BCUT2D eigenvalue weighted by Gasteiger charge is -2.21. The highest BCUT2D eigenvalue weighted by molar-refractivity contribution is 5.96. The highest BCUT2D eigenvalue weighted by atomic mass is 16.4. The van der Waals surface area contributed by atoms with Crippen molar-refractivity contribution in [2.45, 2.75) is 25.5 Å². The molecule has 1 aromatic heterocycles. The van der Waals surface area contributed by atoms with Gasteiger partial charge >= 0.3 is 5.97 Å². The lowest BCUT2D eigenvalue weighted by molar-refractivity contribution is -0.141. The van der Waals surface area contributed by atoms with Crippen molar-refractivity contribution in [1.82, 2.24) is 9.47 Å². The van der Waals surface area contributed by atoms with Gasteiger partial charge in [0.2, 0.25) is 0 Å². The molecule has 1 aliphatic rings. The van der Waals surface area contributed by atoms with Crippen LogP contribution in [-0.2, 0) is 11.8 Å². The number of aliphatic hydroxyl groups excluding tert-OH is 1. The van der Waals surface area contributed by atoms with Gasteiger partial charge in [0.1, 0.15) is 11.7 Å². The predicted molar refractivity (Wildman–Crippen MR) is 63.2 cm³/mol. The van der Waals surface area contributed by atoms with Gasteiger partial charge in [0.15, 0.2) is 0 Å². The Bertz CT molecular complexity index is 494. The minimum Gasteiger partial charge on any atom is -0.480 e. The molecule has 1 unspecified atom stereocenters. The standard InChI is InChI=1S/C12H16N2O4/c1-7-3-4-9(13(7)2)11(16)14-6-8(15)5-10(14)12(17)18/h3-4,8,10,15H,5-6H2,1-2H3,(H,17,18)/t8?,10-/m0/s1. The number of aromatic nitrogens is 1. The first-order chi connectivity index (χ1) is 8.41. The van der Waals surface area contributed by atoms with Crippen LogP contribution in [0.4, 0.5) is 0 Å². The number of β-amino-alcohol motifs (C(OH)–C–C–N with tert-alkyl or cyclic N) is 1. The monoisotopic (exact) mass is 252 g/mol. The van der Waals surface area contributed by atoms with E-state index in [4.69, 9.17) is 5.11 Å². The molecule has 1 amide bonds. The van der Waals surface area contributed by atoms with E-state index in [2.05, 4.69) is 0 Å². The van der Waals surface area contributed by atoms with Gasteiger partial charge in [-0.1, -0.05) is 0 Å². The fourth-order valence-corrected chi connectivity index (χ4v) is 2.25. The smallest absolute Gasteiger partial charge is 0.326 e. The van der Waals surface area contributed by atoms with Crippen molar-refractivity contribution in [3.8, 4) is 0 Å². The molecule has 0 aromatic carbocycles. The van der Waals surface area contributed by atoms with Crippen LogP contribution in [0.3, 0.4) is 0 Å². The molecule has 6 nitrogen and oxygen atoms in total. The van der Waals surface area contributed by atoms with Gasteiger partial charge in [-0.05, 0) is 19.1 Å². The zero-order chi connectivity index (χ0) is 13.4. The Morgan fingerprint density at radius 1 is 1.39 bits per heavy atom. The second kappa shape index (κ2) is 4.45. The number of nitrogens with zero attached hydrogens (tertiary/aromatic N) is 2.